The lowest BCUT2D eigenvalue weighted by molar-refractivity contribution is -0.131. The van der Waals surface area contributed by atoms with Crippen LogP contribution in [0.5, 0.6) is 0 Å². The van der Waals surface area contributed by atoms with Crippen LogP contribution in [0.3, 0.4) is 0 Å². The molecule has 1 aromatic heterocycles. The van der Waals surface area contributed by atoms with Crippen LogP contribution in [-0.2, 0) is 4.79 Å². The third-order valence-electron chi connectivity index (χ3n) is 4.10. The monoisotopic (exact) mass is 388 g/mol. The van der Waals surface area contributed by atoms with E-state index in [9.17, 15) is 4.79 Å². The highest BCUT2D eigenvalue weighted by molar-refractivity contribution is 9.10. The summed E-state index contributed by atoms with van der Waals surface area (Å²) in [5, 5.41) is 3.29. The van der Waals surface area contributed by atoms with Crippen LogP contribution in [0, 0.1) is 0 Å². The molecule has 1 fully saturated rings. The Kier molecular flexibility index (Phi) is 5.69. The average molecular weight is 389 g/mol. The van der Waals surface area contributed by atoms with E-state index in [4.69, 9.17) is 0 Å². The maximum atomic E-state index is 12.3. The Labute approximate surface area is 150 Å². The lowest BCUT2D eigenvalue weighted by Gasteiger charge is -2.35. The fourth-order valence-corrected chi connectivity index (χ4v) is 3.20. The Balaban J connectivity index is 1.42. The predicted octanol–water partition coefficient (Wildman–Crippen LogP) is 2.99. The average Bonchev–Trinajstić information content (AvgIpc) is 2.63. The second kappa shape index (κ2) is 8.15. The van der Waals surface area contributed by atoms with Gasteiger partial charge in [0.25, 0.3) is 0 Å². The first-order valence-electron chi connectivity index (χ1n) is 8.15. The van der Waals surface area contributed by atoms with Gasteiger partial charge in [0.2, 0.25) is 5.91 Å². The summed E-state index contributed by atoms with van der Waals surface area (Å²) in [5.41, 5.74) is 1.03. The molecule has 1 N–H and O–H groups in total. The van der Waals surface area contributed by atoms with Gasteiger partial charge >= 0.3 is 0 Å². The molecule has 0 bridgehead atoms. The number of pyridine rings is 1. The van der Waals surface area contributed by atoms with Crippen LogP contribution in [0.4, 0.5) is 11.5 Å². The molecule has 1 aliphatic rings. The minimum atomic E-state index is 0.207. The largest absolute Gasteiger partial charge is 0.384 e. The molecular weight excluding hydrogens is 368 g/mol. The van der Waals surface area contributed by atoms with Crippen molar-refractivity contribution in [1.82, 2.24) is 9.88 Å². The van der Waals surface area contributed by atoms with Crippen molar-refractivity contribution >= 4 is 33.3 Å². The summed E-state index contributed by atoms with van der Waals surface area (Å²) in [4.78, 5) is 20.9. The number of nitrogens with one attached hydrogen (secondary N) is 1. The van der Waals surface area contributed by atoms with E-state index < -0.39 is 0 Å². The van der Waals surface area contributed by atoms with E-state index in [1.165, 1.54) is 0 Å². The van der Waals surface area contributed by atoms with Crippen LogP contribution in [0.2, 0.25) is 0 Å². The van der Waals surface area contributed by atoms with Crippen LogP contribution >= 0.6 is 15.9 Å². The number of amides is 1. The number of hydrogen-bond donors (Lipinski definition) is 1. The van der Waals surface area contributed by atoms with Gasteiger partial charge in [-0.05, 0) is 30.3 Å². The van der Waals surface area contributed by atoms with Gasteiger partial charge in [0.05, 0.1) is 0 Å². The quantitative estimate of drug-likeness (QED) is 0.854. The molecule has 0 aliphatic carbocycles. The second-order valence-corrected chi connectivity index (χ2v) is 6.66. The number of nitrogens with zero attached hydrogens (tertiary/aromatic N) is 3. The minimum absolute atomic E-state index is 0.207. The third kappa shape index (κ3) is 4.47. The number of anilines is 2. The Morgan fingerprint density at radius 3 is 2.67 bits per heavy atom. The molecule has 6 heteroatoms. The fraction of sp³-hybridized carbons (Fsp3) is 0.333. The van der Waals surface area contributed by atoms with Gasteiger partial charge in [0, 0.05) is 55.5 Å². The molecule has 1 aliphatic heterocycles. The molecule has 2 heterocycles. The highest BCUT2D eigenvalue weighted by atomic mass is 79.9. The lowest BCUT2D eigenvalue weighted by Crippen LogP contribution is -2.49. The lowest BCUT2D eigenvalue weighted by atomic mass is 10.2. The molecule has 1 amide bonds. The summed E-state index contributed by atoms with van der Waals surface area (Å²) in [5.74, 6) is 1.19. The first-order valence-corrected chi connectivity index (χ1v) is 8.95. The van der Waals surface area contributed by atoms with Crippen molar-refractivity contribution in [2.75, 3.05) is 42.9 Å². The zero-order valence-corrected chi connectivity index (χ0v) is 15.1. The zero-order valence-electron chi connectivity index (χ0n) is 13.5. The number of carbonyl (C=O) groups excluding carboxylic acids is 1. The van der Waals surface area contributed by atoms with Crippen molar-refractivity contribution in [1.29, 1.82) is 0 Å². The van der Waals surface area contributed by atoms with Gasteiger partial charge in [-0.3, -0.25) is 4.79 Å². The van der Waals surface area contributed by atoms with E-state index in [0.29, 0.717) is 13.0 Å². The van der Waals surface area contributed by atoms with E-state index >= 15 is 0 Å². The van der Waals surface area contributed by atoms with Crippen molar-refractivity contribution < 1.29 is 4.79 Å². The normalized spacial score (nSPS) is 14.5. The summed E-state index contributed by atoms with van der Waals surface area (Å²) < 4.78 is 1.03. The smallest absolute Gasteiger partial charge is 0.224 e. The Hall–Kier alpha value is -2.08. The van der Waals surface area contributed by atoms with Crippen molar-refractivity contribution in [3.05, 3.63) is 53.1 Å². The summed E-state index contributed by atoms with van der Waals surface area (Å²) in [7, 11) is 0. The van der Waals surface area contributed by atoms with Crippen molar-refractivity contribution in [3.8, 4) is 0 Å². The van der Waals surface area contributed by atoms with Crippen molar-refractivity contribution in [2.45, 2.75) is 6.42 Å². The minimum Gasteiger partial charge on any atom is -0.384 e. The van der Waals surface area contributed by atoms with Crippen LogP contribution in [-0.4, -0.2) is 48.5 Å². The number of piperazine rings is 1. The third-order valence-corrected chi connectivity index (χ3v) is 4.59. The maximum absolute atomic E-state index is 12.3. The summed E-state index contributed by atoms with van der Waals surface area (Å²) in [6.45, 7) is 3.83. The van der Waals surface area contributed by atoms with E-state index in [2.05, 4.69) is 31.1 Å². The topological polar surface area (TPSA) is 48.5 Å². The molecular formula is C18H21BrN4O. The molecule has 0 saturated carbocycles. The van der Waals surface area contributed by atoms with E-state index in [1.54, 1.807) is 6.20 Å². The molecule has 3 rings (SSSR count). The number of aromatic nitrogens is 1. The predicted molar refractivity (Wildman–Crippen MR) is 100 cm³/mol. The highest BCUT2D eigenvalue weighted by Crippen LogP contribution is 2.16. The number of hydrogen-bond acceptors (Lipinski definition) is 4. The SMILES string of the molecule is O=C(CCNc1cccc(Br)c1)N1CCN(c2ccccn2)CC1. The molecule has 1 saturated heterocycles. The van der Waals surface area contributed by atoms with E-state index in [-0.39, 0.29) is 5.91 Å². The van der Waals surface area contributed by atoms with E-state index in [0.717, 1.165) is 42.2 Å². The molecule has 0 unspecified atom stereocenters. The number of rotatable bonds is 5. The standard InChI is InChI=1S/C18H21BrN4O/c19-15-4-3-5-16(14-15)20-9-7-18(24)23-12-10-22(11-13-23)17-6-1-2-8-21-17/h1-6,8,14,20H,7,9-13H2. The molecule has 126 valence electrons. The molecule has 2 aromatic rings. The van der Waals surface area contributed by atoms with Crippen LogP contribution < -0.4 is 10.2 Å². The summed E-state index contributed by atoms with van der Waals surface area (Å²) in [6, 6.07) is 13.9. The Morgan fingerprint density at radius 2 is 1.96 bits per heavy atom. The van der Waals surface area contributed by atoms with Crippen LogP contribution in [0.15, 0.2) is 53.1 Å². The molecule has 0 radical (unpaired) electrons. The highest BCUT2D eigenvalue weighted by Gasteiger charge is 2.21. The maximum Gasteiger partial charge on any atom is 0.224 e. The van der Waals surface area contributed by atoms with Gasteiger partial charge in [-0.25, -0.2) is 4.98 Å². The fourth-order valence-electron chi connectivity index (χ4n) is 2.80. The Morgan fingerprint density at radius 1 is 1.12 bits per heavy atom. The first kappa shape index (κ1) is 16.8. The van der Waals surface area contributed by atoms with Crippen molar-refractivity contribution in [3.63, 3.8) is 0 Å². The van der Waals surface area contributed by atoms with Gasteiger partial charge < -0.3 is 15.1 Å². The van der Waals surface area contributed by atoms with Crippen LogP contribution in [0.25, 0.3) is 0 Å². The first-order chi connectivity index (χ1) is 11.7. The molecule has 0 spiro atoms. The summed E-state index contributed by atoms with van der Waals surface area (Å²) in [6.07, 6.45) is 2.32. The van der Waals surface area contributed by atoms with Gasteiger partial charge in [-0.2, -0.15) is 0 Å². The zero-order chi connectivity index (χ0) is 16.8. The molecule has 1 aromatic carbocycles. The molecule has 0 atom stereocenters. The van der Waals surface area contributed by atoms with Crippen LogP contribution in [0.1, 0.15) is 6.42 Å². The number of benzene rings is 1. The number of carbonyl (C=O) groups is 1. The second-order valence-electron chi connectivity index (χ2n) is 5.74. The van der Waals surface area contributed by atoms with Gasteiger partial charge in [0.1, 0.15) is 5.82 Å². The van der Waals surface area contributed by atoms with Gasteiger partial charge in [-0.15, -0.1) is 0 Å². The number of halogens is 1. The summed E-state index contributed by atoms with van der Waals surface area (Å²) >= 11 is 3.45. The van der Waals surface area contributed by atoms with Crippen molar-refractivity contribution in [2.24, 2.45) is 0 Å². The Bertz CT molecular complexity index is 672. The molecule has 5 nitrogen and oxygen atoms in total. The van der Waals surface area contributed by atoms with E-state index in [1.807, 2.05) is 47.4 Å². The van der Waals surface area contributed by atoms with Gasteiger partial charge in [-0.1, -0.05) is 28.1 Å². The molecule has 24 heavy (non-hydrogen) atoms. The van der Waals surface area contributed by atoms with Gasteiger partial charge in [0.15, 0.2) is 0 Å².